The third-order valence-electron chi connectivity index (χ3n) is 4.34. The number of pyridine rings is 1. The summed E-state index contributed by atoms with van der Waals surface area (Å²) in [5.74, 6) is 1.09. The van der Waals surface area contributed by atoms with E-state index in [0.29, 0.717) is 6.04 Å². The predicted octanol–water partition coefficient (Wildman–Crippen LogP) is 4.20. The van der Waals surface area contributed by atoms with Crippen molar-refractivity contribution in [3.05, 3.63) is 18.3 Å². The van der Waals surface area contributed by atoms with Crippen LogP contribution in [0.25, 0.3) is 0 Å². The van der Waals surface area contributed by atoms with Crippen molar-refractivity contribution in [1.29, 1.82) is 0 Å². The zero-order valence-electron chi connectivity index (χ0n) is 13.2. The molecule has 0 bridgehead atoms. The maximum Gasteiger partial charge on any atom is 0.227 e. The monoisotopic (exact) mass is 289 g/mol. The van der Waals surface area contributed by atoms with Gasteiger partial charge >= 0.3 is 0 Å². The number of aromatic nitrogens is 1. The fraction of sp³-hybridized carbons (Fsp3) is 0.647. The summed E-state index contributed by atoms with van der Waals surface area (Å²) in [5.41, 5.74) is 0.779. The van der Waals surface area contributed by atoms with E-state index in [1.165, 1.54) is 32.1 Å². The largest absolute Gasteiger partial charge is 0.367 e. The molecule has 1 aliphatic rings. The average molecular weight is 289 g/mol. The first-order chi connectivity index (χ1) is 10.2. The van der Waals surface area contributed by atoms with Gasteiger partial charge < -0.3 is 10.6 Å². The van der Waals surface area contributed by atoms with Crippen LogP contribution in [0.3, 0.4) is 0 Å². The maximum atomic E-state index is 12.0. The van der Waals surface area contributed by atoms with Crippen molar-refractivity contribution in [2.45, 2.75) is 64.8 Å². The Morgan fingerprint density at radius 1 is 1.24 bits per heavy atom. The highest BCUT2D eigenvalue weighted by Gasteiger charge is 2.15. The molecule has 0 radical (unpaired) electrons. The van der Waals surface area contributed by atoms with Crippen molar-refractivity contribution in [2.75, 3.05) is 10.6 Å². The molecule has 0 atom stereocenters. The molecule has 1 amide bonds. The van der Waals surface area contributed by atoms with Crippen LogP contribution in [-0.4, -0.2) is 16.9 Å². The van der Waals surface area contributed by atoms with Gasteiger partial charge in [-0.1, -0.05) is 33.1 Å². The van der Waals surface area contributed by atoms with E-state index >= 15 is 0 Å². The third-order valence-corrected chi connectivity index (χ3v) is 4.34. The van der Waals surface area contributed by atoms with Crippen LogP contribution in [0, 0.1) is 5.92 Å². The number of nitrogens with zero attached hydrogens (tertiary/aromatic N) is 1. The van der Waals surface area contributed by atoms with E-state index in [1.54, 1.807) is 6.20 Å². The highest BCUT2D eigenvalue weighted by Crippen LogP contribution is 2.21. The van der Waals surface area contributed by atoms with Crippen molar-refractivity contribution in [3.8, 4) is 0 Å². The summed E-state index contributed by atoms with van der Waals surface area (Å²) in [6.45, 7) is 4.09. The second kappa shape index (κ2) is 8.01. The summed E-state index contributed by atoms with van der Waals surface area (Å²) in [7, 11) is 0. The van der Waals surface area contributed by atoms with Crippen LogP contribution in [0.4, 0.5) is 11.5 Å². The normalized spacial score (nSPS) is 16.0. The highest BCUT2D eigenvalue weighted by molar-refractivity contribution is 5.92. The molecule has 1 aliphatic carbocycles. The van der Waals surface area contributed by atoms with Crippen LogP contribution in [-0.2, 0) is 4.79 Å². The lowest BCUT2D eigenvalue weighted by Crippen LogP contribution is -2.23. The molecule has 1 aromatic heterocycles. The summed E-state index contributed by atoms with van der Waals surface area (Å²) in [6.07, 6.45) is 9.92. The molecule has 4 heteroatoms. The Balaban J connectivity index is 1.87. The van der Waals surface area contributed by atoms with E-state index in [9.17, 15) is 4.79 Å². The molecular formula is C17H27N3O. The molecule has 4 nitrogen and oxygen atoms in total. The van der Waals surface area contributed by atoms with Gasteiger partial charge in [-0.3, -0.25) is 4.79 Å². The smallest absolute Gasteiger partial charge is 0.227 e. The Kier molecular flexibility index (Phi) is 6.03. The van der Waals surface area contributed by atoms with Gasteiger partial charge in [0.1, 0.15) is 5.82 Å². The standard InChI is InChI=1S/C17H27N3O/c1-3-13(4-2)17(21)20-15-10-11-16(18-12-15)19-14-8-6-5-7-9-14/h10-14H,3-9H2,1-2H3,(H,18,19)(H,20,21). The number of nitrogens with one attached hydrogen (secondary N) is 2. The molecule has 0 unspecified atom stereocenters. The van der Waals surface area contributed by atoms with Crippen molar-refractivity contribution in [3.63, 3.8) is 0 Å². The fourth-order valence-corrected chi connectivity index (χ4v) is 2.91. The number of carbonyl (C=O) groups excluding carboxylic acids is 1. The van der Waals surface area contributed by atoms with Gasteiger partial charge in [0.15, 0.2) is 0 Å². The Hall–Kier alpha value is -1.58. The quantitative estimate of drug-likeness (QED) is 0.825. The molecule has 2 rings (SSSR count). The number of hydrogen-bond acceptors (Lipinski definition) is 3. The van der Waals surface area contributed by atoms with Crippen LogP contribution >= 0.6 is 0 Å². The van der Waals surface area contributed by atoms with Gasteiger partial charge in [0, 0.05) is 12.0 Å². The minimum atomic E-state index is 0.0880. The minimum Gasteiger partial charge on any atom is -0.367 e. The van der Waals surface area contributed by atoms with Gasteiger partial charge in [-0.05, 0) is 37.8 Å². The van der Waals surface area contributed by atoms with Crippen molar-refractivity contribution in [1.82, 2.24) is 4.98 Å². The van der Waals surface area contributed by atoms with Gasteiger partial charge in [0.05, 0.1) is 11.9 Å². The zero-order chi connectivity index (χ0) is 15.1. The summed E-state index contributed by atoms with van der Waals surface area (Å²) in [4.78, 5) is 16.4. The third kappa shape index (κ3) is 4.73. The number of anilines is 2. The molecule has 1 fully saturated rings. The van der Waals surface area contributed by atoms with E-state index < -0.39 is 0 Å². The van der Waals surface area contributed by atoms with Gasteiger partial charge in [0.2, 0.25) is 5.91 Å². The first-order valence-corrected chi connectivity index (χ1v) is 8.26. The molecular weight excluding hydrogens is 262 g/mol. The molecule has 0 saturated heterocycles. The SMILES string of the molecule is CCC(CC)C(=O)Nc1ccc(NC2CCCCC2)nc1. The Bertz CT molecular complexity index is 434. The van der Waals surface area contributed by atoms with Crippen molar-refractivity contribution in [2.24, 2.45) is 5.92 Å². The molecule has 0 aliphatic heterocycles. The fourth-order valence-electron chi connectivity index (χ4n) is 2.91. The number of carbonyl (C=O) groups is 1. The van der Waals surface area contributed by atoms with Crippen molar-refractivity contribution >= 4 is 17.4 Å². The first-order valence-electron chi connectivity index (χ1n) is 8.26. The van der Waals surface area contributed by atoms with E-state index in [0.717, 1.165) is 24.3 Å². The summed E-state index contributed by atoms with van der Waals surface area (Å²) in [5, 5.41) is 6.43. The van der Waals surface area contributed by atoms with Crippen LogP contribution in [0.5, 0.6) is 0 Å². The van der Waals surface area contributed by atoms with Crippen LogP contribution in [0.15, 0.2) is 18.3 Å². The van der Waals surface area contributed by atoms with E-state index in [-0.39, 0.29) is 11.8 Å². The summed E-state index contributed by atoms with van der Waals surface area (Å²) in [6, 6.07) is 4.44. The van der Waals surface area contributed by atoms with E-state index in [4.69, 9.17) is 0 Å². The zero-order valence-corrected chi connectivity index (χ0v) is 13.2. The Morgan fingerprint density at radius 2 is 1.95 bits per heavy atom. The Morgan fingerprint density at radius 3 is 2.52 bits per heavy atom. The topological polar surface area (TPSA) is 54.0 Å². The number of rotatable bonds is 6. The minimum absolute atomic E-state index is 0.0880. The van der Waals surface area contributed by atoms with Crippen LogP contribution in [0.1, 0.15) is 58.8 Å². The van der Waals surface area contributed by atoms with Crippen molar-refractivity contribution < 1.29 is 4.79 Å². The highest BCUT2D eigenvalue weighted by atomic mass is 16.1. The van der Waals surface area contributed by atoms with Gasteiger partial charge in [-0.15, -0.1) is 0 Å². The van der Waals surface area contributed by atoms with E-state index in [2.05, 4.69) is 15.6 Å². The molecule has 0 spiro atoms. The summed E-state index contributed by atoms with van der Waals surface area (Å²) >= 11 is 0. The molecule has 2 N–H and O–H groups in total. The van der Waals surface area contributed by atoms with Gasteiger partial charge in [-0.2, -0.15) is 0 Å². The summed E-state index contributed by atoms with van der Waals surface area (Å²) < 4.78 is 0. The lowest BCUT2D eigenvalue weighted by atomic mass is 9.95. The molecule has 21 heavy (non-hydrogen) atoms. The number of amides is 1. The Labute approximate surface area is 127 Å². The first kappa shape index (κ1) is 15.8. The lowest BCUT2D eigenvalue weighted by Gasteiger charge is -2.23. The van der Waals surface area contributed by atoms with Crippen LogP contribution < -0.4 is 10.6 Å². The predicted molar refractivity (Wildman–Crippen MR) is 87.4 cm³/mol. The lowest BCUT2D eigenvalue weighted by molar-refractivity contribution is -0.120. The molecule has 1 aromatic rings. The second-order valence-corrected chi connectivity index (χ2v) is 5.91. The van der Waals surface area contributed by atoms with Gasteiger partial charge in [0.25, 0.3) is 0 Å². The molecule has 0 aromatic carbocycles. The molecule has 1 saturated carbocycles. The van der Waals surface area contributed by atoms with E-state index in [1.807, 2.05) is 26.0 Å². The molecule has 1 heterocycles. The molecule has 116 valence electrons. The number of hydrogen-bond donors (Lipinski definition) is 2. The second-order valence-electron chi connectivity index (χ2n) is 5.91. The maximum absolute atomic E-state index is 12.0. The van der Waals surface area contributed by atoms with Crippen LogP contribution in [0.2, 0.25) is 0 Å². The average Bonchev–Trinajstić information content (AvgIpc) is 2.51. The van der Waals surface area contributed by atoms with Gasteiger partial charge in [-0.25, -0.2) is 4.98 Å².